The van der Waals surface area contributed by atoms with Crippen molar-refractivity contribution in [1.29, 1.82) is 0 Å². The molecule has 24 heavy (non-hydrogen) atoms. The Hall–Kier alpha value is -2.83. The van der Waals surface area contributed by atoms with Crippen molar-refractivity contribution in [2.45, 2.75) is 20.8 Å². The number of carbonyl (C=O) groups is 3. The van der Waals surface area contributed by atoms with E-state index in [9.17, 15) is 14.4 Å². The van der Waals surface area contributed by atoms with E-state index in [1.165, 1.54) is 14.2 Å². The molecule has 0 aliphatic carbocycles. The summed E-state index contributed by atoms with van der Waals surface area (Å²) in [5.41, 5.74) is 1.75. The van der Waals surface area contributed by atoms with E-state index in [4.69, 9.17) is 0 Å². The van der Waals surface area contributed by atoms with Gasteiger partial charge >= 0.3 is 11.9 Å². The molecule has 1 rings (SSSR count). The molecule has 0 radical (unpaired) electrons. The number of aryl methyl sites for hydroxylation is 1. The molecule has 0 saturated carbocycles. The lowest BCUT2D eigenvalue weighted by Crippen LogP contribution is -2.20. The number of esters is 2. The number of carbonyl (C=O) groups excluding carboxylic acids is 3. The minimum atomic E-state index is -0.733. The summed E-state index contributed by atoms with van der Waals surface area (Å²) in [6, 6.07) is 5.28. The molecule has 0 atom stereocenters. The third kappa shape index (κ3) is 5.42. The van der Waals surface area contributed by atoms with Crippen LogP contribution in [-0.4, -0.2) is 32.1 Å². The van der Waals surface area contributed by atoms with Crippen molar-refractivity contribution in [3.05, 3.63) is 35.5 Å². The van der Waals surface area contributed by atoms with Crippen molar-refractivity contribution in [2.75, 3.05) is 24.9 Å². The van der Waals surface area contributed by atoms with Gasteiger partial charge in [-0.25, -0.2) is 9.59 Å². The zero-order valence-electron chi connectivity index (χ0n) is 14.4. The molecule has 0 unspecified atom stereocenters. The molecule has 1 aromatic carbocycles. The molecule has 0 heterocycles. The third-order valence-corrected chi connectivity index (χ3v) is 3.10. The summed E-state index contributed by atoms with van der Waals surface area (Å²) in [4.78, 5) is 35.2. The van der Waals surface area contributed by atoms with E-state index in [0.717, 1.165) is 11.6 Å². The lowest BCUT2D eigenvalue weighted by molar-refractivity contribution is -0.138. The van der Waals surface area contributed by atoms with Crippen molar-refractivity contribution >= 4 is 29.2 Å². The van der Waals surface area contributed by atoms with Crippen LogP contribution >= 0.6 is 0 Å². The number of ether oxygens (including phenoxy) is 2. The standard InChI is InChI=1S/C17H22N2O5/c1-10(2)16(21)19-12-7-6-11(3)8-13(12)18-14(17(22)24-5)9-15(20)23-4/h6-10,18H,1-5H3,(H,19,21)/b14-9+. The third-order valence-electron chi connectivity index (χ3n) is 3.10. The van der Waals surface area contributed by atoms with Gasteiger partial charge in [-0.05, 0) is 24.6 Å². The van der Waals surface area contributed by atoms with E-state index < -0.39 is 11.9 Å². The second kappa shape index (κ2) is 8.71. The van der Waals surface area contributed by atoms with Gasteiger partial charge in [-0.2, -0.15) is 0 Å². The molecule has 7 heteroatoms. The molecule has 0 aliphatic rings. The average Bonchev–Trinajstić information content (AvgIpc) is 2.55. The number of methoxy groups -OCH3 is 2. The van der Waals surface area contributed by atoms with Crippen LogP contribution in [0.3, 0.4) is 0 Å². The van der Waals surface area contributed by atoms with Gasteiger partial charge in [0.1, 0.15) is 5.70 Å². The van der Waals surface area contributed by atoms with Crippen LogP contribution in [0.25, 0.3) is 0 Å². The van der Waals surface area contributed by atoms with Gasteiger partial charge in [-0.1, -0.05) is 19.9 Å². The Morgan fingerprint density at radius 1 is 1.04 bits per heavy atom. The fraction of sp³-hybridized carbons (Fsp3) is 0.353. The monoisotopic (exact) mass is 334 g/mol. The highest BCUT2D eigenvalue weighted by atomic mass is 16.5. The average molecular weight is 334 g/mol. The number of hydrogen-bond acceptors (Lipinski definition) is 6. The number of hydrogen-bond donors (Lipinski definition) is 2. The SMILES string of the molecule is COC(=O)/C=C(/Nc1cc(C)ccc1NC(=O)C(C)C)C(=O)OC. The summed E-state index contributed by atoms with van der Waals surface area (Å²) < 4.78 is 9.18. The summed E-state index contributed by atoms with van der Waals surface area (Å²) in [5.74, 6) is -1.81. The second-order valence-electron chi connectivity index (χ2n) is 5.39. The molecule has 130 valence electrons. The van der Waals surface area contributed by atoms with Crippen molar-refractivity contribution in [3.8, 4) is 0 Å². The summed E-state index contributed by atoms with van der Waals surface area (Å²) in [7, 11) is 2.40. The molecule has 0 aromatic heterocycles. The van der Waals surface area contributed by atoms with E-state index in [2.05, 4.69) is 20.1 Å². The van der Waals surface area contributed by atoms with Gasteiger partial charge in [0.15, 0.2) is 0 Å². The highest BCUT2D eigenvalue weighted by Crippen LogP contribution is 2.25. The second-order valence-corrected chi connectivity index (χ2v) is 5.39. The Balaban J connectivity index is 3.20. The summed E-state index contributed by atoms with van der Waals surface area (Å²) >= 11 is 0. The van der Waals surface area contributed by atoms with Gasteiger partial charge in [0, 0.05) is 5.92 Å². The van der Waals surface area contributed by atoms with Crippen molar-refractivity contribution in [1.82, 2.24) is 0 Å². The van der Waals surface area contributed by atoms with E-state index in [-0.39, 0.29) is 17.5 Å². The number of rotatable bonds is 6. The topological polar surface area (TPSA) is 93.7 Å². The minimum Gasteiger partial charge on any atom is -0.466 e. The van der Waals surface area contributed by atoms with Gasteiger partial charge in [0.25, 0.3) is 0 Å². The molecule has 1 amide bonds. The molecule has 0 saturated heterocycles. The van der Waals surface area contributed by atoms with Crippen LogP contribution in [0.2, 0.25) is 0 Å². The molecule has 0 spiro atoms. The Morgan fingerprint density at radius 2 is 1.71 bits per heavy atom. The first-order valence-electron chi connectivity index (χ1n) is 7.35. The lowest BCUT2D eigenvalue weighted by atomic mass is 10.1. The van der Waals surface area contributed by atoms with Crippen molar-refractivity contribution in [3.63, 3.8) is 0 Å². The fourth-order valence-electron chi connectivity index (χ4n) is 1.73. The van der Waals surface area contributed by atoms with Crippen LogP contribution in [0.4, 0.5) is 11.4 Å². The van der Waals surface area contributed by atoms with Gasteiger partial charge in [0.2, 0.25) is 5.91 Å². The zero-order valence-corrected chi connectivity index (χ0v) is 14.4. The Kier molecular flexibility index (Phi) is 6.98. The Morgan fingerprint density at radius 3 is 2.25 bits per heavy atom. The first-order valence-corrected chi connectivity index (χ1v) is 7.35. The van der Waals surface area contributed by atoms with Crippen LogP contribution in [0.5, 0.6) is 0 Å². The van der Waals surface area contributed by atoms with Crippen LogP contribution in [0, 0.1) is 12.8 Å². The normalized spacial score (nSPS) is 11.0. The summed E-state index contributed by atoms with van der Waals surface area (Å²) in [6.07, 6.45) is 0.988. The minimum absolute atomic E-state index is 0.102. The Labute approximate surface area is 141 Å². The maximum absolute atomic E-state index is 11.9. The Bertz CT molecular complexity index is 665. The first-order chi connectivity index (χ1) is 11.3. The zero-order chi connectivity index (χ0) is 18.3. The van der Waals surface area contributed by atoms with E-state index in [1.54, 1.807) is 26.0 Å². The largest absolute Gasteiger partial charge is 0.466 e. The number of anilines is 2. The number of benzene rings is 1. The molecular weight excluding hydrogens is 312 g/mol. The summed E-state index contributed by atoms with van der Waals surface area (Å²) in [5, 5.41) is 5.59. The highest BCUT2D eigenvalue weighted by molar-refractivity contribution is 6.01. The van der Waals surface area contributed by atoms with Gasteiger partial charge in [-0.3, -0.25) is 4.79 Å². The lowest BCUT2D eigenvalue weighted by Gasteiger charge is -2.16. The highest BCUT2D eigenvalue weighted by Gasteiger charge is 2.16. The van der Waals surface area contributed by atoms with E-state index >= 15 is 0 Å². The van der Waals surface area contributed by atoms with E-state index in [1.807, 2.05) is 13.0 Å². The van der Waals surface area contributed by atoms with Crippen LogP contribution in [-0.2, 0) is 23.9 Å². The number of amides is 1. The quantitative estimate of drug-likeness (QED) is 0.612. The van der Waals surface area contributed by atoms with Crippen molar-refractivity contribution in [2.24, 2.45) is 5.92 Å². The summed E-state index contributed by atoms with van der Waals surface area (Å²) in [6.45, 7) is 5.41. The molecule has 0 aliphatic heterocycles. The molecule has 2 N–H and O–H groups in total. The first kappa shape index (κ1) is 19.2. The molecule has 7 nitrogen and oxygen atoms in total. The van der Waals surface area contributed by atoms with Crippen LogP contribution in [0.15, 0.2) is 30.0 Å². The predicted molar refractivity (Wildman–Crippen MR) is 90.4 cm³/mol. The van der Waals surface area contributed by atoms with Crippen LogP contribution < -0.4 is 10.6 Å². The van der Waals surface area contributed by atoms with Crippen molar-refractivity contribution < 1.29 is 23.9 Å². The number of nitrogens with one attached hydrogen (secondary N) is 2. The maximum Gasteiger partial charge on any atom is 0.354 e. The molecule has 1 aromatic rings. The maximum atomic E-state index is 11.9. The fourth-order valence-corrected chi connectivity index (χ4v) is 1.73. The van der Waals surface area contributed by atoms with Gasteiger partial charge in [-0.15, -0.1) is 0 Å². The predicted octanol–water partition coefficient (Wildman–Crippen LogP) is 2.23. The molecule has 0 fully saturated rings. The van der Waals surface area contributed by atoms with Gasteiger partial charge in [0.05, 0.1) is 31.7 Å². The van der Waals surface area contributed by atoms with E-state index in [0.29, 0.717) is 11.4 Å². The molecule has 0 bridgehead atoms. The molecular formula is C17H22N2O5. The smallest absolute Gasteiger partial charge is 0.354 e. The van der Waals surface area contributed by atoms with Crippen LogP contribution in [0.1, 0.15) is 19.4 Å². The van der Waals surface area contributed by atoms with Gasteiger partial charge < -0.3 is 20.1 Å².